The Balaban J connectivity index is 0.00000124. The first-order chi connectivity index (χ1) is 19.5. The predicted octanol–water partition coefficient (Wildman–Crippen LogP) is 6.82. The first-order valence-corrected chi connectivity index (χ1v) is 12.3. The van der Waals surface area contributed by atoms with Gasteiger partial charge in [-0.25, -0.2) is 14.6 Å². The summed E-state index contributed by atoms with van der Waals surface area (Å²) in [6.07, 6.45) is -2.10. The van der Waals surface area contributed by atoms with E-state index in [1.807, 2.05) is 31.2 Å². The minimum Gasteiger partial charge on any atom is -0.440 e. The number of rotatable bonds is 6. The van der Waals surface area contributed by atoms with Crippen LogP contribution in [-0.2, 0) is 17.7 Å². The molecule has 0 amide bonds. The van der Waals surface area contributed by atoms with Gasteiger partial charge in [0.05, 0.1) is 5.69 Å². The van der Waals surface area contributed by atoms with Crippen molar-refractivity contribution in [1.29, 1.82) is 0 Å². The summed E-state index contributed by atoms with van der Waals surface area (Å²) in [6.45, 7) is 0.544. The van der Waals surface area contributed by atoms with Crippen molar-refractivity contribution in [2.75, 3.05) is 0 Å². The number of alkyl halides is 5. The first kappa shape index (κ1) is 29.3. The minimum atomic E-state index is -4.61. The summed E-state index contributed by atoms with van der Waals surface area (Å²) in [6, 6.07) is 16.6. The number of aromatic nitrogens is 4. The van der Waals surface area contributed by atoms with Gasteiger partial charge in [-0.15, -0.1) is 0 Å². The van der Waals surface area contributed by atoms with Gasteiger partial charge in [-0.1, -0.05) is 35.9 Å². The highest BCUT2D eigenvalue weighted by Crippen LogP contribution is 2.39. The third-order valence-corrected chi connectivity index (χ3v) is 5.67. The van der Waals surface area contributed by atoms with Crippen molar-refractivity contribution in [1.82, 2.24) is 19.7 Å². The molecule has 0 aliphatic rings. The van der Waals surface area contributed by atoms with Crippen LogP contribution in [0.3, 0.4) is 0 Å². The second-order valence-corrected chi connectivity index (χ2v) is 8.62. The summed E-state index contributed by atoms with van der Waals surface area (Å²) in [5, 5.41) is 3.74. The molecule has 2 aromatic carbocycles. The number of aryl methyl sites for hydroxylation is 2. The van der Waals surface area contributed by atoms with E-state index in [2.05, 4.69) is 19.8 Å². The molecule has 5 rings (SSSR count). The fourth-order valence-electron chi connectivity index (χ4n) is 4.02. The van der Waals surface area contributed by atoms with Gasteiger partial charge in [0.15, 0.2) is 17.3 Å². The number of oxazole rings is 1. The standard InChI is InChI=1S/C27H19F5N4O2.O2S/c1-15-4-3-5-17(12-15)18-6-8-21(36-11-10-22(35-36)27(30,31)32)20(13-18)24-25(37-16(2)34-24)19-7-9-23(33-14-19)38-26(28)29;1-3-2/h3-14,26H,1-2H3;. The van der Waals surface area contributed by atoms with Crippen molar-refractivity contribution >= 4 is 11.6 Å². The summed E-state index contributed by atoms with van der Waals surface area (Å²) < 4.78 is 92.9. The molecule has 0 radical (unpaired) electrons. The van der Waals surface area contributed by atoms with Gasteiger partial charge >= 0.3 is 24.4 Å². The van der Waals surface area contributed by atoms with Crippen LogP contribution in [0.1, 0.15) is 17.1 Å². The summed E-state index contributed by atoms with van der Waals surface area (Å²) in [5.41, 5.74) is 3.18. The van der Waals surface area contributed by atoms with Crippen molar-refractivity contribution in [2.45, 2.75) is 26.6 Å². The maximum absolute atomic E-state index is 13.3. The number of pyridine rings is 1. The lowest BCUT2D eigenvalue weighted by molar-refractivity contribution is -0.141. The van der Waals surface area contributed by atoms with Crippen LogP contribution in [0.5, 0.6) is 5.88 Å². The molecule has 41 heavy (non-hydrogen) atoms. The monoisotopic (exact) mass is 590 g/mol. The van der Waals surface area contributed by atoms with Crippen LogP contribution in [0.2, 0.25) is 0 Å². The molecule has 0 N–H and O–H groups in total. The molecule has 14 heteroatoms. The number of nitrogens with zero attached hydrogens (tertiary/aromatic N) is 4. The molecule has 0 aliphatic carbocycles. The molecule has 0 saturated heterocycles. The molecule has 0 saturated carbocycles. The number of halogens is 5. The van der Waals surface area contributed by atoms with Crippen LogP contribution in [-0.4, -0.2) is 34.8 Å². The third-order valence-electron chi connectivity index (χ3n) is 5.67. The van der Waals surface area contributed by atoms with Crippen molar-refractivity contribution in [2.24, 2.45) is 0 Å². The summed E-state index contributed by atoms with van der Waals surface area (Å²) in [7, 11) is 0. The zero-order valence-corrected chi connectivity index (χ0v) is 22.0. The highest BCUT2D eigenvalue weighted by molar-refractivity contribution is 7.51. The molecule has 5 aromatic rings. The topological polar surface area (TPSA) is 100 Å². The van der Waals surface area contributed by atoms with Gasteiger partial charge in [0.2, 0.25) is 5.88 Å². The Morgan fingerprint density at radius 2 is 1.66 bits per heavy atom. The molecular weight excluding hydrogens is 571 g/mol. The van der Waals surface area contributed by atoms with E-state index >= 15 is 0 Å². The van der Waals surface area contributed by atoms with Gasteiger partial charge in [-0.05, 0) is 42.3 Å². The van der Waals surface area contributed by atoms with Crippen LogP contribution in [0.4, 0.5) is 22.0 Å². The summed E-state index contributed by atoms with van der Waals surface area (Å²) in [5.74, 6) is 0.260. The van der Waals surface area contributed by atoms with Gasteiger partial charge in [-0.3, -0.25) is 0 Å². The Labute approximate surface area is 233 Å². The second-order valence-electron chi connectivity index (χ2n) is 8.49. The van der Waals surface area contributed by atoms with Crippen molar-refractivity contribution in [3.8, 4) is 45.3 Å². The van der Waals surface area contributed by atoms with Crippen LogP contribution < -0.4 is 4.74 Å². The molecule has 0 aliphatic heterocycles. The SMILES string of the molecule is Cc1cccc(-c2ccc(-n3ccc(C(F)(F)F)n3)c(-c3nc(C)oc3-c3ccc(OC(F)F)nc3)c2)c1.O=S=O. The number of ether oxygens (including phenoxy) is 1. The van der Waals surface area contributed by atoms with E-state index in [1.165, 1.54) is 24.5 Å². The van der Waals surface area contributed by atoms with Crippen molar-refractivity contribution < 1.29 is 39.5 Å². The smallest absolute Gasteiger partial charge is 0.435 e. The average Bonchev–Trinajstić information content (AvgIpc) is 3.56. The van der Waals surface area contributed by atoms with E-state index in [9.17, 15) is 22.0 Å². The molecule has 0 bridgehead atoms. The maximum atomic E-state index is 13.3. The lowest BCUT2D eigenvalue weighted by Crippen LogP contribution is -2.07. The summed E-state index contributed by atoms with van der Waals surface area (Å²) >= 11 is -0.750. The van der Waals surface area contributed by atoms with Crippen LogP contribution in [0, 0.1) is 13.8 Å². The van der Waals surface area contributed by atoms with Gasteiger partial charge in [0.1, 0.15) is 5.69 Å². The lowest BCUT2D eigenvalue weighted by Gasteiger charge is -2.13. The quantitative estimate of drug-likeness (QED) is 0.200. The van der Waals surface area contributed by atoms with Gasteiger partial charge in [0, 0.05) is 36.5 Å². The Hall–Kier alpha value is -4.72. The fraction of sp³-hybridized carbons (Fsp3) is 0.148. The molecule has 3 aromatic heterocycles. The van der Waals surface area contributed by atoms with E-state index in [1.54, 1.807) is 25.1 Å². The van der Waals surface area contributed by atoms with E-state index in [0.29, 0.717) is 22.5 Å². The lowest BCUT2D eigenvalue weighted by atomic mass is 9.97. The Morgan fingerprint density at radius 3 is 2.27 bits per heavy atom. The largest absolute Gasteiger partial charge is 0.440 e. The third kappa shape index (κ3) is 6.90. The maximum Gasteiger partial charge on any atom is 0.435 e. The normalized spacial score (nSPS) is 11.2. The molecule has 8 nitrogen and oxygen atoms in total. The number of benzene rings is 2. The number of hydrogen-bond acceptors (Lipinski definition) is 7. The predicted molar refractivity (Wildman–Crippen MR) is 138 cm³/mol. The summed E-state index contributed by atoms with van der Waals surface area (Å²) in [4.78, 5) is 8.41. The Kier molecular flexibility index (Phi) is 8.71. The van der Waals surface area contributed by atoms with Crippen LogP contribution >= 0.6 is 0 Å². The molecule has 3 heterocycles. The van der Waals surface area contributed by atoms with Crippen LogP contribution in [0.15, 0.2) is 77.5 Å². The molecule has 212 valence electrons. The van der Waals surface area contributed by atoms with Gasteiger partial charge in [0.25, 0.3) is 0 Å². The highest BCUT2D eigenvalue weighted by atomic mass is 32.1. The van der Waals surface area contributed by atoms with Gasteiger partial charge < -0.3 is 9.15 Å². The zero-order valence-electron chi connectivity index (χ0n) is 21.2. The molecule has 0 spiro atoms. The minimum absolute atomic E-state index is 0.254. The average molecular weight is 591 g/mol. The number of hydrogen-bond donors (Lipinski definition) is 0. The highest BCUT2D eigenvalue weighted by Gasteiger charge is 2.34. The van der Waals surface area contributed by atoms with Gasteiger partial charge in [-0.2, -0.15) is 35.5 Å². The fourth-order valence-corrected chi connectivity index (χ4v) is 4.02. The Bertz CT molecular complexity index is 1690. The second kappa shape index (κ2) is 12.2. The van der Waals surface area contributed by atoms with E-state index in [-0.39, 0.29) is 17.5 Å². The van der Waals surface area contributed by atoms with Crippen LogP contribution in [0.25, 0.3) is 39.4 Å². The first-order valence-electron chi connectivity index (χ1n) is 11.6. The van der Waals surface area contributed by atoms with E-state index < -0.39 is 30.1 Å². The van der Waals surface area contributed by atoms with E-state index in [4.69, 9.17) is 12.8 Å². The van der Waals surface area contributed by atoms with Crippen molar-refractivity contribution in [3.63, 3.8) is 0 Å². The molecule has 0 atom stereocenters. The van der Waals surface area contributed by atoms with Crippen molar-refractivity contribution in [3.05, 3.63) is 90.2 Å². The Morgan fingerprint density at radius 1 is 0.951 bits per heavy atom. The molecule has 0 unspecified atom stereocenters. The molecule has 0 fully saturated rings. The molecular formula is C27H19F5N4O4S. The zero-order chi connectivity index (χ0) is 29.7. The van der Waals surface area contributed by atoms with E-state index in [0.717, 1.165) is 27.4 Å².